The normalized spacial score (nSPS) is 12.5. The van der Waals surface area contributed by atoms with Crippen LogP contribution >= 0.6 is 0 Å². The Morgan fingerprint density at radius 1 is 0.700 bits per heavy atom. The van der Waals surface area contributed by atoms with Crippen LogP contribution in [0.1, 0.15) is 11.1 Å². The summed E-state index contributed by atoms with van der Waals surface area (Å²) in [7, 11) is 0. The van der Waals surface area contributed by atoms with Crippen molar-refractivity contribution in [2.75, 3.05) is 0 Å². The Bertz CT molecular complexity index is 614. The van der Waals surface area contributed by atoms with Gasteiger partial charge in [0.05, 0.1) is 0 Å². The number of benzene rings is 2. The molecule has 2 rings (SSSR count). The first kappa shape index (κ1) is 14.5. The van der Waals surface area contributed by atoms with Gasteiger partial charge in [-0.15, -0.1) is 0 Å². The lowest BCUT2D eigenvalue weighted by molar-refractivity contribution is -0.289. The molecule has 0 saturated carbocycles. The van der Waals surface area contributed by atoms with Crippen LogP contribution in [-0.4, -0.2) is 6.18 Å². The second-order valence-corrected chi connectivity index (χ2v) is 4.27. The summed E-state index contributed by atoms with van der Waals surface area (Å²) in [4.78, 5) is 0. The number of rotatable bonds is 2. The van der Waals surface area contributed by atoms with E-state index < -0.39 is 17.7 Å². The fourth-order valence-corrected chi connectivity index (χ4v) is 1.93. The van der Waals surface area contributed by atoms with Gasteiger partial charge >= 0.3 is 12.1 Å². The quantitative estimate of drug-likeness (QED) is 0.666. The molecule has 0 atom stereocenters. The molecule has 0 spiro atoms. The molecule has 0 bridgehead atoms. The molecule has 0 aliphatic heterocycles. The molecule has 0 unspecified atom stereocenters. The van der Waals surface area contributed by atoms with E-state index in [-0.39, 0.29) is 11.1 Å². The summed E-state index contributed by atoms with van der Waals surface area (Å²) in [5.41, 5.74) is -0.589. The van der Waals surface area contributed by atoms with E-state index in [1.165, 1.54) is 18.2 Å². The molecule has 0 heterocycles. The fraction of sp³-hybridized carbons (Fsp3) is 0.133. The smallest absolute Gasteiger partial charge is 0.191 e. The molecule has 0 aliphatic rings. The summed E-state index contributed by atoms with van der Waals surface area (Å²) < 4.78 is 64.8. The van der Waals surface area contributed by atoms with Gasteiger partial charge < -0.3 is 0 Å². The minimum Gasteiger partial charge on any atom is -0.191 e. The Labute approximate surface area is 112 Å². The lowest BCUT2D eigenvalue weighted by Gasteiger charge is -2.23. The van der Waals surface area contributed by atoms with E-state index in [2.05, 4.69) is 6.92 Å². The summed E-state index contributed by atoms with van der Waals surface area (Å²) in [5.74, 6) is -4.91. The monoisotopic (exact) mass is 285 g/mol. The van der Waals surface area contributed by atoms with Crippen LogP contribution in [0.15, 0.2) is 48.5 Å². The zero-order valence-corrected chi connectivity index (χ0v) is 10.2. The van der Waals surface area contributed by atoms with Crippen LogP contribution in [0.5, 0.6) is 0 Å². The highest BCUT2D eigenvalue weighted by Crippen LogP contribution is 2.47. The second kappa shape index (κ2) is 4.89. The third-order valence-electron chi connectivity index (χ3n) is 2.93. The van der Waals surface area contributed by atoms with Gasteiger partial charge in [-0.05, 0) is 23.6 Å². The second-order valence-electron chi connectivity index (χ2n) is 4.27. The summed E-state index contributed by atoms with van der Waals surface area (Å²) in [6.45, 7) is 3.66. The van der Waals surface area contributed by atoms with E-state index in [1.54, 1.807) is 18.2 Å². The van der Waals surface area contributed by atoms with E-state index in [0.29, 0.717) is 5.56 Å². The lowest BCUT2D eigenvalue weighted by atomic mass is 9.93. The van der Waals surface area contributed by atoms with Crippen molar-refractivity contribution in [1.29, 1.82) is 0 Å². The first-order chi connectivity index (χ1) is 9.25. The average molecular weight is 285 g/mol. The summed E-state index contributed by atoms with van der Waals surface area (Å²) in [5, 5.41) is 0. The lowest BCUT2D eigenvalue weighted by Crippen LogP contribution is -2.34. The Morgan fingerprint density at radius 3 is 1.75 bits per heavy atom. The zero-order chi connectivity index (χ0) is 15.0. The highest BCUT2D eigenvalue weighted by atomic mass is 19.4. The highest BCUT2D eigenvalue weighted by molar-refractivity contribution is 5.72. The number of alkyl halides is 5. The molecule has 0 saturated heterocycles. The molecule has 5 heteroatoms. The summed E-state index contributed by atoms with van der Waals surface area (Å²) >= 11 is 0. The van der Waals surface area contributed by atoms with Gasteiger partial charge in [-0.3, -0.25) is 0 Å². The molecule has 0 aliphatic carbocycles. The Kier molecular flexibility index (Phi) is 3.54. The highest BCUT2D eigenvalue weighted by Gasteiger charge is 2.59. The maximum atomic E-state index is 13.6. The van der Waals surface area contributed by atoms with Crippen LogP contribution in [-0.2, 0) is 5.92 Å². The van der Waals surface area contributed by atoms with E-state index in [4.69, 9.17) is 0 Å². The van der Waals surface area contributed by atoms with E-state index in [9.17, 15) is 22.0 Å². The van der Waals surface area contributed by atoms with Gasteiger partial charge in [0.15, 0.2) is 0 Å². The van der Waals surface area contributed by atoms with Crippen molar-refractivity contribution < 1.29 is 22.0 Å². The van der Waals surface area contributed by atoms with Crippen molar-refractivity contribution in [3.8, 4) is 11.1 Å². The molecular formula is C15H10F5. The van der Waals surface area contributed by atoms with E-state index >= 15 is 0 Å². The van der Waals surface area contributed by atoms with Crippen molar-refractivity contribution in [3.63, 3.8) is 0 Å². The van der Waals surface area contributed by atoms with E-state index in [1.807, 2.05) is 0 Å². The molecule has 0 fully saturated rings. The Morgan fingerprint density at radius 2 is 1.20 bits per heavy atom. The molecule has 1 radical (unpaired) electrons. The van der Waals surface area contributed by atoms with Crippen LogP contribution in [0.2, 0.25) is 0 Å². The summed E-state index contributed by atoms with van der Waals surface area (Å²) in [6, 6.07) is 10.8. The average Bonchev–Trinajstić information content (AvgIpc) is 2.38. The van der Waals surface area contributed by atoms with Crippen LogP contribution < -0.4 is 0 Å². The third kappa shape index (κ3) is 2.40. The fourth-order valence-electron chi connectivity index (χ4n) is 1.93. The van der Waals surface area contributed by atoms with Gasteiger partial charge in [-0.1, -0.05) is 48.5 Å². The first-order valence-electron chi connectivity index (χ1n) is 5.70. The van der Waals surface area contributed by atoms with Crippen molar-refractivity contribution in [1.82, 2.24) is 0 Å². The number of halogens is 5. The van der Waals surface area contributed by atoms with Gasteiger partial charge in [0.1, 0.15) is 0 Å². The first-order valence-corrected chi connectivity index (χ1v) is 5.70. The van der Waals surface area contributed by atoms with Crippen LogP contribution in [0.3, 0.4) is 0 Å². The molecular weight excluding hydrogens is 275 g/mol. The topological polar surface area (TPSA) is 0 Å². The maximum absolute atomic E-state index is 13.6. The minimum absolute atomic E-state index is 0.166. The largest absolute Gasteiger partial charge is 0.458 e. The van der Waals surface area contributed by atoms with E-state index in [0.717, 1.165) is 12.1 Å². The standard InChI is InChI=1S/C15H10F5/c1-10-6-2-3-7-11(10)12-8-4-5-9-13(12)14(16,17)15(18,19)20/h2-9H,1H2. The van der Waals surface area contributed by atoms with Gasteiger partial charge in [0.2, 0.25) is 0 Å². The zero-order valence-electron chi connectivity index (χ0n) is 10.2. The van der Waals surface area contributed by atoms with Crippen LogP contribution in [0, 0.1) is 6.92 Å². The Balaban J connectivity index is 2.67. The predicted octanol–water partition coefficient (Wildman–Crippen LogP) is 5.19. The third-order valence-corrected chi connectivity index (χ3v) is 2.93. The molecule has 0 amide bonds. The molecule has 0 N–H and O–H groups in total. The molecule has 105 valence electrons. The van der Waals surface area contributed by atoms with Crippen molar-refractivity contribution in [2.24, 2.45) is 0 Å². The van der Waals surface area contributed by atoms with Crippen LogP contribution in [0.25, 0.3) is 11.1 Å². The molecule has 2 aromatic carbocycles. The van der Waals surface area contributed by atoms with Crippen molar-refractivity contribution >= 4 is 0 Å². The van der Waals surface area contributed by atoms with Crippen molar-refractivity contribution in [2.45, 2.75) is 12.1 Å². The Hall–Kier alpha value is -1.91. The summed E-state index contributed by atoms with van der Waals surface area (Å²) in [6.07, 6.45) is -5.64. The van der Waals surface area contributed by atoms with Gasteiger partial charge in [0, 0.05) is 5.56 Å². The molecule has 2 aromatic rings. The SMILES string of the molecule is [CH2]c1ccccc1-c1ccccc1C(F)(F)C(F)(F)F. The van der Waals surface area contributed by atoms with Crippen LogP contribution in [0.4, 0.5) is 22.0 Å². The van der Waals surface area contributed by atoms with Crippen molar-refractivity contribution in [3.05, 3.63) is 66.6 Å². The van der Waals surface area contributed by atoms with Gasteiger partial charge in [-0.2, -0.15) is 22.0 Å². The molecule has 0 aromatic heterocycles. The molecule has 20 heavy (non-hydrogen) atoms. The van der Waals surface area contributed by atoms with Gasteiger partial charge in [0.25, 0.3) is 0 Å². The van der Waals surface area contributed by atoms with Gasteiger partial charge in [-0.25, -0.2) is 0 Å². The number of hydrogen-bond donors (Lipinski definition) is 0. The predicted molar refractivity (Wildman–Crippen MR) is 66.3 cm³/mol. The number of hydrogen-bond acceptors (Lipinski definition) is 0. The molecule has 0 nitrogen and oxygen atoms in total. The minimum atomic E-state index is -5.64. The maximum Gasteiger partial charge on any atom is 0.458 e.